The number of carbonyl (C=O) groups is 1. The fraction of sp³-hybridized carbons (Fsp3) is 0.571. The normalized spacial score (nSPS) is 20.9. The van der Waals surface area contributed by atoms with E-state index in [1.807, 2.05) is 18.3 Å². The number of rotatable bonds is 8. The number of methoxy groups -OCH3 is 1. The van der Waals surface area contributed by atoms with Gasteiger partial charge in [0.1, 0.15) is 5.75 Å². The van der Waals surface area contributed by atoms with Crippen LogP contribution in [-0.2, 0) is 17.8 Å². The molecule has 184 valence electrons. The highest BCUT2D eigenvalue weighted by atomic mass is 16.5. The van der Waals surface area contributed by atoms with E-state index in [0.717, 1.165) is 76.3 Å². The number of hydrogen-bond donors (Lipinski definition) is 0. The Bertz CT molecular complexity index is 914. The van der Waals surface area contributed by atoms with Gasteiger partial charge >= 0.3 is 0 Å². The molecule has 6 heteroatoms. The van der Waals surface area contributed by atoms with E-state index >= 15 is 0 Å². The molecule has 3 heterocycles. The molecule has 0 aliphatic carbocycles. The average molecular weight is 465 g/mol. The number of piperidine rings is 2. The molecule has 1 aromatic carbocycles. The summed E-state index contributed by atoms with van der Waals surface area (Å²) in [7, 11) is 6.07. The van der Waals surface area contributed by atoms with Gasteiger partial charge in [-0.15, -0.1) is 0 Å². The van der Waals surface area contributed by atoms with E-state index in [1.54, 1.807) is 7.11 Å². The van der Waals surface area contributed by atoms with E-state index in [4.69, 9.17) is 4.74 Å². The maximum atomic E-state index is 13.2. The van der Waals surface area contributed by atoms with Gasteiger partial charge in [-0.3, -0.25) is 14.7 Å². The smallest absolute Gasteiger partial charge is 0.226 e. The molecular formula is C28H40N4O2. The number of nitrogens with zero attached hydrogens (tertiary/aromatic N) is 4. The van der Waals surface area contributed by atoms with E-state index in [1.165, 1.54) is 5.56 Å². The number of carbonyl (C=O) groups excluding carboxylic acids is 1. The van der Waals surface area contributed by atoms with Crippen molar-refractivity contribution in [3.05, 3.63) is 59.9 Å². The molecule has 0 N–H and O–H groups in total. The van der Waals surface area contributed by atoms with E-state index in [9.17, 15) is 4.79 Å². The molecule has 0 unspecified atom stereocenters. The van der Waals surface area contributed by atoms with Gasteiger partial charge in [-0.05, 0) is 88.5 Å². The standard InChI is InChI=1S/C28H40N4O2/c1-30-15-7-9-24(20-30)28(33)32-16-12-23(13-17-32)27(19-22-8-6-11-26(18-22)34-3)31(2)21-25-10-4-5-14-29-25/h4-6,8,10-11,14,18,23-24,27H,7,9,12-13,15-17,19-21H2,1-3H3/t24-,27-/m1/s1. The molecule has 0 bridgehead atoms. The third kappa shape index (κ3) is 6.36. The molecule has 2 fully saturated rings. The van der Waals surface area contributed by atoms with Gasteiger partial charge in [0.25, 0.3) is 0 Å². The van der Waals surface area contributed by atoms with Crippen LogP contribution in [-0.4, -0.2) is 79.0 Å². The number of ether oxygens (including phenoxy) is 1. The largest absolute Gasteiger partial charge is 0.497 e. The second kappa shape index (κ2) is 11.8. The second-order valence-corrected chi connectivity index (χ2v) is 10.1. The molecule has 2 aliphatic heterocycles. The Hall–Kier alpha value is -2.44. The first kappa shape index (κ1) is 24.7. The van der Waals surface area contributed by atoms with Crippen molar-refractivity contribution in [2.75, 3.05) is 47.4 Å². The molecule has 6 nitrogen and oxygen atoms in total. The first-order valence-electron chi connectivity index (χ1n) is 12.7. The Morgan fingerprint density at radius 2 is 1.97 bits per heavy atom. The van der Waals surface area contributed by atoms with Gasteiger partial charge < -0.3 is 14.5 Å². The Morgan fingerprint density at radius 1 is 1.15 bits per heavy atom. The van der Waals surface area contributed by atoms with Crippen molar-refractivity contribution >= 4 is 5.91 Å². The molecule has 0 spiro atoms. The Morgan fingerprint density at radius 3 is 2.68 bits per heavy atom. The van der Waals surface area contributed by atoms with E-state index in [2.05, 4.69) is 64.1 Å². The van der Waals surface area contributed by atoms with E-state index in [0.29, 0.717) is 17.9 Å². The number of likely N-dealkylation sites (tertiary alicyclic amines) is 2. The van der Waals surface area contributed by atoms with Gasteiger partial charge in [-0.1, -0.05) is 18.2 Å². The number of aromatic nitrogens is 1. The second-order valence-electron chi connectivity index (χ2n) is 10.1. The summed E-state index contributed by atoms with van der Waals surface area (Å²) >= 11 is 0. The van der Waals surface area contributed by atoms with Crippen LogP contribution >= 0.6 is 0 Å². The number of benzene rings is 1. The van der Waals surface area contributed by atoms with E-state index < -0.39 is 0 Å². The van der Waals surface area contributed by atoms with Gasteiger partial charge in [0.2, 0.25) is 5.91 Å². The predicted molar refractivity (Wildman–Crippen MR) is 136 cm³/mol. The quantitative estimate of drug-likeness (QED) is 0.596. The zero-order valence-electron chi connectivity index (χ0n) is 21.0. The van der Waals surface area contributed by atoms with Crippen molar-refractivity contribution in [2.24, 2.45) is 11.8 Å². The minimum Gasteiger partial charge on any atom is -0.497 e. The van der Waals surface area contributed by atoms with E-state index in [-0.39, 0.29) is 5.92 Å². The van der Waals surface area contributed by atoms with Crippen molar-refractivity contribution in [2.45, 2.75) is 44.7 Å². The molecule has 2 atom stereocenters. The highest BCUT2D eigenvalue weighted by Gasteiger charge is 2.34. The lowest BCUT2D eigenvalue weighted by atomic mass is 9.84. The molecule has 0 radical (unpaired) electrons. The zero-order valence-corrected chi connectivity index (χ0v) is 21.0. The van der Waals surface area contributed by atoms with Gasteiger partial charge in [0, 0.05) is 38.4 Å². The molecular weight excluding hydrogens is 424 g/mol. The highest BCUT2D eigenvalue weighted by molar-refractivity contribution is 5.79. The highest BCUT2D eigenvalue weighted by Crippen LogP contribution is 2.29. The molecule has 2 aromatic rings. The van der Waals surface area contributed by atoms with Crippen LogP contribution in [0.1, 0.15) is 36.9 Å². The van der Waals surface area contributed by atoms with Crippen LogP contribution in [0.15, 0.2) is 48.7 Å². The van der Waals surface area contributed by atoms with Gasteiger partial charge in [0.15, 0.2) is 0 Å². The minimum atomic E-state index is 0.176. The molecule has 34 heavy (non-hydrogen) atoms. The zero-order chi connectivity index (χ0) is 23.9. The number of amides is 1. The Kier molecular flexibility index (Phi) is 8.57. The lowest BCUT2D eigenvalue weighted by Gasteiger charge is -2.41. The predicted octanol–water partition coefficient (Wildman–Crippen LogP) is 3.71. The van der Waals surface area contributed by atoms with Crippen LogP contribution in [0.25, 0.3) is 0 Å². The fourth-order valence-corrected chi connectivity index (χ4v) is 5.72. The molecule has 4 rings (SSSR count). The van der Waals surface area contributed by atoms with Crippen molar-refractivity contribution in [3.8, 4) is 5.75 Å². The number of hydrogen-bond acceptors (Lipinski definition) is 5. The summed E-state index contributed by atoms with van der Waals surface area (Å²) in [5.74, 6) is 1.99. The third-order valence-corrected chi connectivity index (χ3v) is 7.65. The van der Waals surface area contributed by atoms with Crippen LogP contribution < -0.4 is 4.74 Å². The molecule has 0 saturated carbocycles. The van der Waals surface area contributed by atoms with Gasteiger partial charge in [0.05, 0.1) is 18.7 Å². The molecule has 2 aliphatic rings. The van der Waals surface area contributed by atoms with Crippen molar-refractivity contribution in [1.29, 1.82) is 0 Å². The molecule has 2 saturated heterocycles. The lowest BCUT2D eigenvalue weighted by Crippen LogP contribution is -2.49. The molecule has 1 aromatic heterocycles. The topological polar surface area (TPSA) is 48.9 Å². The van der Waals surface area contributed by atoms with Crippen molar-refractivity contribution < 1.29 is 9.53 Å². The minimum absolute atomic E-state index is 0.176. The Balaban J connectivity index is 1.43. The summed E-state index contributed by atoms with van der Waals surface area (Å²) in [6.45, 7) is 4.58. The maximum Gasteiger partial charge on any atom is 0.226 e. The SMILES string of the molecule is COc1cccc(C[C@H](C2CCN(C(=O)[C@@H]3CCCN(C)C3)CC2)N(C)Cc2ccccn2)c1. The van der Waals surface area contributed by atoms with Crippen LogP contribution in [0.3, 0.4) is 0 Å². The first-order chi connectivity index (χ1) is 16.5. The fourth-order valence-electron chi connectivity index (χ4n) is 5.72. The summed E-state index contributed by atoms with van der Waals surface area (Å²) in [6.07, 6.45) is 7.10. The first-order valence-corrected chi connectivity index (χ1v) is 12.7. The summed E-state index contributed by atoms with van der Waals surface area (Å²) < 4.78 is 5.47. The van der Waals surface area contributed by atoms with Crippen molar-refractivity contribution in [3.63, 3.8) is 0 Å². The summed E-state index contributed by atoms with van der Waals surface area (Å²) in [4.78, 5) is 24.6. The third-order valence-electron chi connectivity index (χ3n) is 7.65. The average Bonchev–Trinajstić information content (AvgIpc) is 2.87. The van der Waals surface area contributed by atoms with Gasteiger partial charge in [-0.25, -0.2) is 0 Å². The summed E-state index contributed by atoms with van der Waals surface area (Å²) in [5, 5.41) is 0. The Labute approximate surface area is 204 Å². The monoisotopic (exact) mass is 464 g/mol. The van der Waals surface area contributed by atoms with Crippen molar-refractivity contribution in [1.82, 2.24) is 19.7 Å². The lowest BCUT2D eigenvalue weighted by molar-refractivity contribution is -0.139. The van der Waals surface area contributed by atoms with Crippen LogP contribution in [0.2, 0.25) is 0 Å². The maximum absolute atomic E-state index is 13.2. The number of pyridine rings is 1. The van der Waals surface area contributed by atoms with Crippen LogP contribution in [0, 0.1) is 11.8 Å². The molecule has 1 amide bonds. The van der Waals surface area contributed by atoms with Crippen LogP contribution in [0.4, 0.5) is 0 Å². The summed E-state index contributed by atoms with van der Waals surface area (Å²) in [5.41, 5.74) is 2.38. The number of likely N-dealkylation sites (N-methyl/N-ethyl adjacent to an activating group) is 1. The summed E-state index contributed by atoms with van der Waals surface area (Å²) in [6, 6.07) is 14.9. The van der Waals surface area contributed by atoms with Crippen LogP contribution in [0.5, 0.6) is 5.75 Å². The van der Waals surface area contributed by atoms with Gasteiger partial charge in [-0.2, -0.15) is 0 Å².